The third-order valence-corrected chi connectivity index (χ3v) is 2.57. The van der Waals surface area contributed by atoms with Crippen LogP contribution in [0, 0.1) is 0 Å². The number of nitrogens with two attached hydrogens (primary N) is 1. The highest BCUT2D eigenvalue weighted by atomic mass is 35.5. The number of hydrogen-bond donors (Lipinski definition) is 1. The Labute approximate surface area is 99.0 Å². The van der Waals surface area contributed by atoms with E-state index in [1.54, 1.807) is 10.9 Å². The zero-order valence-electron chi connectivity index (χ0n) is 9.18. The molecule has 0 spiro atoms. The maximum Gasteiger partial charge on any atom is 0.102 e. The van der Waals surface area contributed by atoms with Gasteiger partial charge in [0.25, 0.3) is 0 Å². The van der Waals surface area contributed by atoms with Gasteiger partial charge in [0.2, 0.25) is 0 Å². The summed E-state index contributed by atoms with van der Waals surface area (Å²) in [7, 11) is 0. The molecule has 0 aliphatic carbocycles. The van der Waals surface area contributed by atoms with Gasteiger partial charge in [-0.3, -0.25) is 0 Å². The Morgan fingerprint density at radius 3 is 2.56 bits per heavy atom. The van der Waals surface area contributed by atoms with Crippen molar-refractivity contribution in [3.63, 3.8) is 0 Å². The van der Waals surface area contributed by atoms with Crippen LogP contribution >= 0.6 is 11.6 Å². The molecule has 16 heavy (non-hydrogen) atoms. The van der Waals surface area contributed by atoms with Gasteiger partial charge in [-0.2, -0.15) is 0 Å². The summed E-state index contributed by atoms with van der Waals surface area (Å²) in [6.45, 7) is 3.77. The molecule has 84 valence electrons. The molecule has 2 rings (SSSR count). The average Bonchev–Trinajstić information content (AvgIpc) is 2.66. The van der Waals surface area contributed by atoms with Crippen LogP contribution in [-0.4, -0.2) is 15.0 Å². The van der Waals surface area contributed by atoms with Crippen molar-refractivity contribution in [1.29, 1.82) is 0 Å². The van der Waals surface area contributed by atoms with E-state index in [2.05, 4.69) is 10.3 Å². The number of halogens is 1. The monoisotopic (exact) mass is 236 g/mol. The van der Waals surface area contributed by atoms with Crippen molar-refractivity contribution in [3.05, 3.63) is 41.2 Å². The fraction of sp³-hybridized carbons (Fsp3) is 0.273. The predicted molar refractivity (Wildman–Crippen MR) is 63.6 cm³/mol. The van der Waals surface area contributed by atoms with Crippen LogP contribution in [0.5, 0.6) is 0 Å². The van der Waals surface area contributed by atoms with E-state index in [9.17, 15) is 0 Å². The molecule has 0 saturated heterocycles. The second kappa shape index (κ2) is 3.88. The van der Waals surface area contributed by atoms with Gasteiger partial charge in [0, 0.05) is 0 Å². The molecule has 4 nitrogen and oxygen atoms in total. The summed E-state index contributed by atoms with van der Waals surface area (Å²) in [5.41, 5.74) is 6.96. The number of aromatic nitrogens is 3. The molecule has 0 unspecified atom stereocenters. The Bertz CT molecular complexity index is 499. The first-order valence-electron chi connectivity index (χ1n) is 4.95. The van der Waals surface area contributed by atoms with Gasteiger partial charge in [0.1, 0.15) is 5.69 Å². The average molecular weight is 237 g/mol. The van der Waals surface area contributed by atoms with Gasteiger partial charge in [0.15, 0.2) is 0 Å². The quantitative estimate of drug-likeness (QED) is 0.869. The van der Waals surface area contributed by atoms with Crippen molar-refractivity contribution >= 4 is 11.6 Å². The molecule has 0 fully saturated rings. The normalized spacial score (nSPS) is 11.8. The first-order valence-corrected chi connectivity index (χ1v) is 5.33. The van der Waals surface area contributed by atoms with Crippen molar-refractivity contribution in [2.45, 2.75) is 19.4 Å². The number of nitrogens with zero attached hydrogens (tertiary/aromatic N) is 3. The summed E-state index contributed by atoms with van der Waals surface area (Å²) in [6, 6.07) is 7.46. The van der Waals surface area contributed by atoms with Crippen molar-refractivity contribution in [3.8, 4) is 5.69 Å². The smallest absolute Gasteiger partial charge is 0.102 e. The van der Waals surface area contributed by atoms with Crippen LogP contribution < -0.4 is 5.73 Å². The molecule has 1 aromatic carbocycles. The topological polar surface area (TPSA) is 56.7 Å². The zero-order valence-corrected chi connectivity index (χ0v) is 9.94. The van der Waals surface area contributed by atoms with E-state index < -0.39 is 5.54 Å². The first kappa shape index (κ1) is 11.1. The van der Waals surface area contributed by atoms with E-state index in [0.717, 1.165) is 11.4 Å². The molecular weight excluding hydrogens is 224 g/mol. The standard InChI is InChI=1S/C11H13ClN4/c1-11(2,13)10-7-16(15-14-10)9-6-4-3-5-8(9)12/h3-7H,13H2,1-2H3. The minimum absolute atomic E-state index is 0.500. The summed E-state index contributed by atoms with van der Waals surface area (Å²) in [6.07, 6.45) is 1.79. The van der Waals surface area contributed by atoms with Gasteiger partial charge >= 0.3 is 0 Å². The van der Waals surface area contributed by atoms with E-state index in [1.165, 1.54) is 0 Å². The Hall–Kier alpha value is -1.39. The molecule has 1 aromatic heterocycles. The molecule has 2 N–H and O–H groups in total. The lowest BCUT2D eigenvalue weighted by Gasteiger charge is -2.13. The molecule has 0 saturated carbocycles. The fourth-order valence-corrected chi connectivity index (χ4v) is 1.54. The van der Waals surface area contributed by atoms with E-state index in [4.69, 9.17) is 17.3 Å². The summed E-state index contributed by atoms with van der Waals surface area (Å²) in [5.74, 6) is 0. The third-order valence-electron chi connectivity index (χ3n) is 2.25. The maximum atomic E-state index is 6.06. The highest BCUT2D eigenvalue weighted by Gasteiger charge is 2.18. The number of rotatable bonds is 2. The number of para-hydroxylation sites is 1. The van der Waals surface area contributed by atoms with Crippen molar-refractivity contribution < 1.29 is 0 Å². The van der Waals surface area contributed by atoms with E-state index in [0.29, 0.717) is 5.02 Å². The summed E-state index contributed by atoms with van der Waals surface area (Å²) in [5, 5.41) is 8.68. The molecule has 0 amide bonds. The summed E-state index contributed by atoms with van der Waals surface area (Å²) < 4.78 is 1.63. The van der Waals surface area contributed by atoms with E-state index >= 15 is 0 Å². The summed E-state index contributed by atoms with van der Waals surface area (Å²) in [4.78, 5) is 0. The minimum Gasteiger partial charge on any atom is -0.320 e. The molecule has 0 aliphatic heterocycles. The largest absolute Gasteiger partial charge is 0.320 e. The van der Waals surface area contributed by atoms with Crippen LogP contribution in [0.15, 0.2) is 30.5 Å². The van der Waals surface area contributed by atoms with Gasteiger partial charge in [-0.15, -0.1) is 5.10 Å². The highest BCUT2D eigenvalue weighted by molar-refractivity contribution is 6.32. The van der Waals surface area contributed by atoms with Gasteiger partial charge in [-0.05, 0) is 26.0 Å². The lowest BCUT2D eigenvalue weighted by atomic mass is 10.0. The van der Waals surface area contributed by atoms with Crippen LogP contribution in [0.2, 0.25) is 5.02 Å². The van der Waals surface area contributed by atoms with Crippen molar-refractivity contribution in [2.24, 2.45) is 5.73 Å². The molecule has 0 atom stereocenters. The molecule has 0 bridgehead atoms. The van der Waals surface area contributed by atoms with E-state index in [1.807, 2.05) is 38.1 Å². The minimum atomic E-state index is -0.500. The maximum absolute atomic E-state index is 6.06. The second-order valence-electron chi connectivity index (χ2n) is 4.22. The van der Waals surface area contributed by atoms with Crippen LogP contribution in [0.3, 0.4) is 0 Å². The van der Waals surface area contributed by atoms with Gasteiger partial charge in [-0.1, -0.05) is 28.9 Å². The zero-order chi connectivity index (χ0) is 11.8. The Morgan fingerprint density at radius 1 is 1.31 bits per heavy atom. The molecule has 0 aliphatic rings. The fourth-order valence-electron chi connectivity index (χ4n) is 1.31. The molecule has 0 radical (unpaired) electrons. The molecule has 1 heterocycles. The Balaban J connectivity index is 2.44. The number of hydrogen-bond acceptors (Lipinski definition) is 3. The molecule has 2 aromatic rings. The first-order chi connectivity index (χ1) is 7.48. The Morgan fingerprint density at radius 2 is 2.00 bits per heavy atom. The molecular formula is C11H13ClN4. The lowest BCUT2D eigenvalue weighted by molar-refractivity contribution is 0.533. The van der Waals surface area contributed by atoms with Crippen LogP contribution in [0.25, 0.3) is 5.69 Å². The van der Waals surface area contributed by atoms with Crippen molar-refractivity contribution in [1.82, 2.24) is 15.0 Å². The molecule has 5 heteroatoms. The van der Waals surface area contributed by atoms with E-state index in [-0.39, 0.29) is 0 Å². The Kier molecular flexibility index (Phi) is 2.69. The van der Waals surface area contributed by atoms with Gasteiger partial charge in [-0.25, -0.2) is 4.68 Å². The number of benzene rings is 1. The van der Waals surface area contributed by atoms with Crippen LogP contribution in [-0.2, 0) is 5.54 Å². The lowest BCUT2D eigenvalue weighted by Crippen LogP contribution is -2.29. The van der Waals surface area contributed by atoms with Gasteiger partial charge in [0.05, 0.1) is 22.4 Å². The van der Waals surface area contributed by atoms with Crippen molar-refractivity contribution in [2.75, 3.05) is 0 Å². The SMILES string of the molecule is CC(C)(N)c1cn(-c2ccccc2Cl)nn1. The van der Waals surface area contributed by atoms with Crippen LogP contribution in [0.1, 0.15) is 19.5 Å². The second-order valence-corrected chi connectivity index (χ2v) is 4.63. The predicted octanol–water partition coefficient (Wildman–Crippen LogP) is 2.11. The third kappa shape index (κ3) is 2.08. The van der Waals surface area contributed by atoms with Gasteiger partial charge < -0.3 is 5.73 Å². The highest BCUT2D eigenvalue weighted by Crippen LogP contribution is 2.20. The summed E-state index contributed by atoms with van der Waals surface area (Å²) >= 11 is 6.06. The van der Waals surface area contributed by atoms with Crippen LogP contribution in [0.4, 0.5) is 0 Å².